The predicted molar refractivity (Wildman–Crippen MR) is 105 cm³/mol. The summed E-state index contributed by atoms with van der Waals surface area (Å²) in [5, 5.41) is 1.33. The quantitative estimate of drug-likeness (QED) is 0.633. The number of hydrogen-bond donors (Lipinski definition) is 0. The van der Waals surface area contributed by atoms with E-state index in [1.165, 1.54) is 0 Å². The van der Waals surface area contributed by atoms with Gasteiger partial charge in [0.2, 0.25) is 0 Å². The Balaban J connectivity index is 2.18. The molecule has 0 bridgehead atoms. The molecule has 0 unspecified atom stereocenters. The average Bonchev–Trinajstić information content (AvgIpc) is 2.99. The molecule has 0 saturated heterocycles. The second-order valence-corrected chi connectivity index (χ2v) is 8.87. The monoisotopic (exact) mass is 389 g/mol. The van der Waals surface area contributed by atoms with E-state index in [1.807, 2.05) is 13.0 Å². The fourth-order valence-electron chi connectivity index (χ4n) is 3.01. The van der Waals surface area contributed by atoms with E-state index in [-0.39, 0.29) is 16.6 Å². The number of hydrogen-bond acceptors (Lipinski definition) is 3. The summed E-state index contributed by atoms with van der Waals surface area (Å²) >= 11 is 5.92. The molecule has 0 aliphatic carbocycles. The molecule has 0 fully saturated rings. The van der Waals surface area contributed by atoms with Crippen molar-refractivity contribution in [1.29, 1.82) is 0 Å². The van der Waals surface area contributed by atoms with Crippen molar-refractivity contribution in [3.63, 3.8) is 0 Å². The van der Waals surface area contributed by atoms with Gasteiger partial charge in [0.15, 0.2) is 9.84 Å². The molecule has 0 spiro atoms. The Kier molecular flexibility index (Phi) is 5.21. The maximum atomic E-state index is 13.1. The summed E-state index contributed by atoms with van der Waals surface area (Å²) in [6.45, 7) is 3.67. The number of aryl methyl sites for hydroxylation is 1. The zero-order chi connectivity index (χ0) is 18.9. The van der Waals surface area contributed by atoms with Crippen molar-refractivity contribution in [2.75, 3.05) is 5.75 Å². The van der Waals surface area contributed by atoms with E-state index in [9.17, 15) is 13.2 Å². The molecule has 0 aliphatic rings. The second kappa shape index (κ2) is 7.25. The number of rotatable bonds is 5. The second-order valence-electron chi connectivity index (χ2n) is 6.16. The van der Waals surface area contributed by atoms with Crippen LogP contribution in [0.4, 0.5) is 0 Å². The topological polar surface area (TPSA) is 56.1 Å². The minimum absolute atomic E-state index is 0.0464. The molecule has 4 nitrogen and oxygen atoms in total. The van der Waals surface area contributed by atoms with Gasteiger partial charge in [-0.05, 0) is 55.0 Å². The van der Waals surface area contributed by atoms with Gasteiger partial charge in [0.25, 0.3) is 5.91 Å². The van der Waals surface area contributed by atoms with Gasteiger partial charge in [0, 0.05) is 21.7 Å². The summed E-state index contributed by atoms with van der Waals surface area (Å²) < 4.78 is 26.0. The van der Waals surface area contributed by atoms with Crippen LogP contribution in [0.5, 0.6) is 0 Å². The lowest BCUT2D eigenvalue weighted by atomic mass is 10.2. The van der Waals surface area contributed by atoms with Gasteiger partial charge >= 0.3 is 0 Å². The van der Waals surface area contributed by atoms with Gasteiger partial charge in [-0.1, -0.05) is 31.9 Å². The average molecular weight is 390 g/mol. The Hall–Kier alpha value is -2.11. The molecule has 1 heterocycles. The van der Waals surface area contributed by atoms with Gasteiger partial charge in [0.05, 0.1) is 16.2 Å². The molecule has 0 saturated carbocycles. The number of halogens is 1. The fraction of sp³-hybridized carbons (Fsp3) is 0.250. The van der Waals surface area contributed by atoms with Gasteiger partial charge < -0.3 is 0 Å². The molecular weight excluding hydrogens is 370 g/mol. The Labute approximate surface area is 158 Å². The SMILES string of the molecule is CCCc1cc2cc(S(=O)(=O)CC)ccc2n1C(=O)c1ccc(Cl)cc1. The zero-order valence-corrected chi connectivity index (χ0v) is 16.3. The van der Waals surface area contributed by atoms with Crippen LogP contribution in [0.1, 0.15) is 36.3 Å². The van der Waals surface area contributed by atoms with E-state index >= 15 is 0 Å². The first-order chi connectivity index (χ1) is 12.4. The van der Waals surface area contributed by atoms with Crippen molar-refractivity contribution in [1.82, 2.24) is 4.57 Å². The number of carbonyl (C=O) groups excluding carboxylic acids is 1. The zero-order valence-electron chi connectivity index (χ0n) is 14.7. The highest BCUT2D eigenvalue weighted by Gasteiger charge is 2.19. The van der Waals surface area contributed by atoms with Gasteiger partial charge in [-0.3, -0.25) is 9.36 Å². The van der Waals surface area contributed by atoms with Crippen LogP contribution < -0.4 is 0 Å². The van der Waals surface area contributed by atoms with Crippen molar-refractivity contribution in [2.24, 2.45) is 0 Å². The van der Waals surface area contributed by atoms with Crippen LogP contribution in [0.3, 0.4) is 0 Å². The highest BCUT2D eigenvalue weighted by atomic mass is 35.5. The first kappa shape index (κ1) is 18.7. The van der Waals surface area contributed by atoms with Crippen molar-refractivity contribution in [3.8, 4) is 0 Å². The first-order valence-electron chi connectivity index (χ1n) is 8.54. The Bertz CT molecular complexity index is 1070. The number of benzene rings is 2. The fourth-order valence-corrected chi connectivity index (χ4v) is 4.05. The van der Waals surface area contributed by atoms with Crippen LogP contribution >= 0.6 is 11.6 Å². The third kappa shape index (κ3) is 3.41. The Morgan fingerprint density at radius 3 is 2.35 bits per heavy atom. The van der Waals surface area contributed by atoms with Crippen molar-refractivity contribution >= 4 is 38.2 Å². The summed E-state index contributed by atoms with van der Waals surface area (Å²) in [5.41, 5.74) is 2.12. The summed E-state index contributed by atoms with van der Waals surface area (Å²) in [4.78, 5) is 13.4. The van der Waals surface area contributed by atoms with Crippen LogP contribution in [-0.4, -0.2) is 24.6 Å². The van der Waals surface area contributed by atoms with Gasteiger partial charge in [-0.25, -0.2) is 8.42 Å². The van der Waals surface area contributed by atoms with Crippen molar-refractivity contribution in [2.45, 2.75) is 31.6 Å². The third-order valence-electron chi connectivity index (χ3n) is 4.39. The number of sulfone groups is 1. The predicted octanol–water partition coefficient (Wildman–Crippen LogP) is 4.73. The molecule has 1 aromatic heterocycles. The van der Waals surface area contributed by atoms with Crippen LogP contribution in [0.2, 0.25) is 5.02 Å². The highest BCUT2D eigenvalue weighted by molar-refractivity contribution is 7.91. The minimum atomic E-state index is -3.29. The maximum Gasteiger partial charge on any atom is 0.262 e. The lowest BCUT2D eigenvalue weighted by molar-refractivity contribution is 0.0962. The summed E-state index contributed by atoms with van der Waals surface area (Å²) in [6, 6.07) is 13.6. The minimum Gasteiger partial charge on any atom is -0.280 e. The molecule has 3 rings (SSSR count). The number of fused-ring (bicyclic) bond motifs is 1. The summed E-state index contributed by atoms with van der Waals surface area (Å²) in [5.74, 6) is -0.101. The number of carbonyl (C=O) groups is 1. The maximum absolute atomic E-state index is 13.1. The van der Waals surface area contributed by atoms with Crippen LogP contribution in [-0.2, 0) is 16.3 Å². The molecule has 0 aliphatic heterocycles. The molecule has 3 aromatic rings. The van der Waals surface area contributed by atoms with Gasteiger partial charge in [0.1, 0.15) is 0 Å². The molecule has 0 atom stereocenters. The normalized spacial score (nSPS) is 11.8. The number of aromatic nitrogens is 1. The molecule has 0 N–H and O–H groups in total. The van der Waals surface area contributed by atoms with Gasteiger partial charge in [-0.2, -0.15) is 0 Å². The smallest absolute Gasteiger partial charge is 0.262 e. The summed E-state index contributed by atoms with van der Waals surface area (Å²) in [6.07, 6.45) is 1.61. The van der Waals surface area contributed by atoms with E-state index < -0.39 is 9.84 Å². The molecule has 0 radical (unpaired) electrons. The summed E-state index contributed by atoms with van der Waals surface area (Å²) in [7, 11) is -3.29. The molecule has 2 aromatic carbocycles. The molecule has 26 heavy (non-hydrogen) atoms. The molecule has 0 amide bonds. The van der Waals surface area contributed by atoms with Gasteiger partial charge in [-0.15, -0.1) is 0 Å². The number of nitrogens with zero attached hydrogens (tertiary/aromatic N) is 1. The standard InChI is InChI=1S/C20H20ClNO3S/c1-3-5-17-12-15-13-18(26(24,25)4-2)10-11-19(15)22(17)20(23)14-6-8-16(21)9-7-14/h6-13H,3-5H2,1-2H3. The largest absolute Gasteiger partial charge is 0.280 e. The van der Waals surface area contributed by atoms with Crippen LogP contribution in [0.25, 0.3) is 10.9 Å². The lowest BCUT2D eigenvalue weighted by Crippen LogP contribution is -2.14. The third-order valence-corrected chi connectivity index (χ3v) is 6.37. The van der Waals surface area contributed by atoms with E-state index in [1.54, 1.807) is 54.0 Å². The van der Waals surface area contributed by atoms with Crippen molar-refractivity contribution in [3.05, 3.63) is 64.8 Å². The van der Waals surface area contributed by atoms with E-state index in [0.717, 1.165) is 23.9 Å². The Morgan fingerprint density at radius 2 is 1.73 bits per heavy atom. The van der Waals surface area contributed by atoms with E-state index in [4.69, 9.17) is 11.6 Å². The molecular formula is C20H20ClNO3S. The first-order valence-corrected chi connectivity index (χ1v) is 10.6. The highest BCUT2D eigenvalue weighted by Crippen LogP contribution is 2.26. The van der Waals surface area contributed by atoms with Crippen LogP contribution in [0, 0.1) is 0 Å². The van der Waals surface area contributed by atoms with Crippen LogP contribution in [0.15, 0.2) is 53.4 Å². The Morgan fingerprint density at radius 1 is 1.04 bits per heavy atom. The van der Waals surface area contributed by atoms with E-state index in [0.29, 0.717) is 16.1 Å². The van der Waals surface area contributed by atoms with Crippen molar-refractivity contribution < 1.29 is 13.2 Å². The molecule has 136 valence electrons. The lowest BCUT2D eigenvalue weighted by Gasteiger charge is -2.09. The molecule has 6 heteroatoms. The van der Waals surface area contributed by atoms with E-state index in [2.05, 4.69) is 0 Å².